The van der Waals surface area contributed by atoms with E-state index in [1.807, 2.05) is 0 Å². The van der Waals surface area contributed by atoms with Gasteiger partial charge in [-0.3, -0.25) is 0 Å². The molecular weight excluding hydrogens is 300 g/mol. The lowest BCUT2D eigenvalue weighted by Crippen LogP contribution is -2.44. The second-order valence-electron chi connectivity index (χ2n) is 11.6. The fraction of sp³-hybridized carbons (Fsp3) is 1.00. The molecule has 0 aromatic rings. The van der Waals surface area contributed by atoms with Crippen LogP contribution < -0.4 is 0 Å². The molecule has 144 valence electrons. The molecule has 0 bridgehead atoms. The smallest absolute Gasteiger partial charge is 0.0352 e. The van der Waals surface area contributed by atoms with Gasteiger partial charge in [-0.05, 0) is 102 Å². The Labute approximate surface area is 157 Å². The van der Waals surface area contributed by atoms with Crippen molar-refractivity contribution in [2.24, 2.45) is 82.9 Å². The Kier molecular flexibility index (Phi) is 4.61. The van der Waals surface area contributed by atoms with Gasteiger partial charge in [-0.1, -0.05) is 55.4 Å². The minimum Gasteiger partial charge on any atom is -0.0620 e. The molecule has 4 aliphatic rings. The van der Waals surface area contributed by atoms with E-state index in [1.54, 1.807) is 19.3 Å². The van der Waals surface area contributed by atoms with Gasteiger partial charge in [0.2, 0.25) is 0 Å². The molecule has 25 heavy (non-hydrogen) atoms. The Balaban J connectivity index is 1.25. The van der Waals surface area contributed by atoms with Crippen LogP contribution in [0.4, 0.5) is 0 Å². The molecule has 4 saturated carbocycles. The molecular formula is C25H44. The van der Waals surface area contributed by atoms with E-state index in [9.17, 15) is 0 Å². The van der Waals surface area contributed by atoms with Crippen LogP contribution in [-0.2, 0) is 0 Å². The van der Waals surface area contributed by atoms with E-state index in [0.29, 0.717) is 0 Å². The first-order valence-corrected chi connectivity index (χ1v) is 11.7. The number of hydrogen-bond acceptors (Lipinski definition) is 0. The summed E-state index contributed by atoms with van der Waals surface area (Å²) < 4.78 is 0. The summed E-state index contributed by atoms with van der Waals surface area (Å²) in [5.74, 6) is 14.3. The molecule has 0 radical (unpaired) electrons. The van der Waals surface area contributed by atoms with Crippen LogP contribution in [0.15, 0.2) is 0 Å². The Bertz CT molecular complexity index is 466. The van der Waals surface area contributed by atoms with Crippen LogP contribution in [0.3, 0.4) is 0 Å². The van der Waals surface area contributed by atoms with Crippen LogP contribution in [0.5, 0.6) is 0 Å². The van der Waals surface area contributed by atoms with Crippen molar-refractivity contribution < 1.29 is 0 Å². The normalized spacial score (nSPS) is 62.9. The largest absolute Gasteiger partial charge is 0.0620 e. The van der Waals surface area contributed by atoms with Crippen molar-refractivity contribution in [2.75, 3.05) is 0 Å². The SMILES string of the molecule is CC1C(C)C(C[C@@H]2C(C)[C@@H]2CC2C(C)C(CC3C(C)[C@@H]3C)C2C)C1C. The van der Waals surface area contributed by atoms with E-state index in [0.717, 1.165) is 82.9 Å². The van der Waals surface area contributed by atoms with Gasteiger partial charge >= 0.3 is 0 Å². The van der Waals surface area contributed by atoms with E-state index in [4.69, 9.17) is 0 Å². The second-order valence-corrected chi connectivity index (χ2v) is 11.6. The summed E-state index contributed by atoms with van der Waals surface area (Å²) in [5, 5.41) is 0. The molecule has 0 heteroatoms. The van der Waals surface area contributed by atoms with Gasteiger partial charge in [-0.2, -0.15) is 0 Å². The average Bonchev–Trinajstić information content (AvgIpc) is 3.42. The zero-order valence-corrected chi connectivity index (χ0v) is 18.2. The van der Waals surface area contributed by atoms with Crippen molar-refractivity contribution in [1.82, 2.24) is 0 Å². The van der Waals surface area contributed by atoms with Gasteiger partial charge in [-0.25, -0.2) is 0 Å². The molecule has 7 unspecified atom stereocenters. The van der Waals surface area contributed by atoms with Crippen molar-refractivity contribution in [3.05, 3.63) is 0 Å². The minimum absolute atomic E-state index is 0.970. The quantitative estimate of drug-likeness (QED) is 0.486. The Hall–Kier alpha value is 0. The summed E-state index contributed by atoms with van der Waals surface area (Å²) in [6.45, 7) is 20.2. The molecule has 0 spiro atoms. The van der Waals surface area contributed by atoms with Crippen LogP contribution in [0.25, 0.3) is 0 Å². The summed E-state index contributed by atoms with van der Waals surface area (Å²) in [6, 6.07) is 0. The summed E-state index contributed by atoms with van der Waals surface area (Å²) in [4.78, 5) is 0. The average molecular weight is 345 g/mol. The molecule has 0 N–H and O–H groups in total. The van der Waals surface area contributed by atoms with Crippen LogP contribution >= 0.6 is 0 Å². The lowest BCUT2D eigenvalue weighted by molar-refractivity contribution is -0.0211. The van der Waals surface area contributed by atoms with Crippen molar-refractivity contribution >= 4 is 0 Å². The summed E-state index contributed by atoms with van der Waals surface area (Å²) in [5.41, 5.74) is 0. The van der Waals surface area contributed by atoms with Crippen LogP contribution in [0.2, 0.25) is 0 Å². The van der Waals surface area contributed by atoms with Gasteiger partial charge in [0.25, 0.3) is 0 Å². The lowest BCUT2D eigenvalue weighted by Gasteiger charge is -2.51. The maximum Gasteiger partial charge on any atom is -0.0352 e. The van der Waals surface area contributed by atoms with E-state index in [2.05, 4.69) is 55.4 Å². The molecule has 4 rings (SSSR count). The van der Waals surface area contributed by atoms with Gasteiger partial charge in [-0.15, -0.1) is 0 Å². The molecule has 0 aliphatic heterocycles. The standard InChI is InChI=1S/C25H44/c1-12-13(2)21(14(12)3)10-24-19(8)25(24)11-23-17(6)22(18(23)7)9-20-15(4)16(20)5/h12-25H,9-11H2,1-8H3/t12?,13?,14?,15-,16?,17?,18?,19?,20?,21?,22?,23?,24+,25-/m0/s1. The topological polar surface area (TPSA) is 0 Å². The predicted octanol–water partition coefficient (Wildman–Crippen LogP) is 7.00. The first-order valence-electron chi connectivity index (χ1n) is 11.7. The highest BCUT2D eigenvalue weighted by molar-refractivity contribution is 5.05. The predicted molar refractivity (Wildman–Crippen MR) is 108 cm³/mol. The van der Waals surface area contributed by atoms with E-state index >= 15 is 0 Å². The summed E-state index contributed by atoms with van der Waals surface area (Å²) in [7, 11) is 0. The first-order chi connectivity index (χ1) is 11.7. The highest BCUT2D eigenvalue weighted by Gasteiger charge is 2.56. The first kappa shape index (κ1) is 18.4. The third-order valence-corrected chi connectivity index (χ3v) is 11.1. The third kappa shape index (κ3) is 2.84. The van der Waals surface area contributed by atoms with E-state index in [-0.39, 0.29) is 0 Å². The lowest BCUT2D eigenvalue weighted by atomic mass is 9.54. The molecule has 0 amide bonds. The highest BCUT2D eigenvalue weighted by Crippen LogP contribution is 2.63. The van der Waals surface area contributed by atoms with Crippen molar-refractivity contribution in [3.8, 4) is 0 Å². The molecule has 0 aromatic carbocycles. The fourth-order valence-corrected chi connectivity index (χ4v) is 7.88. The Morgan fingerprint density at radius 3 is 0.880 bits per heavy atom. The summed E-state index contributed by atoms with van der Waals surface area (Å²) in [6.07, 6.45) is 4.65. The van der Waals surface area contributed by atoms with E-state index in [1.165, 1.54) is 0 Å². The van der Waals surface area contributed by atoms with Gasteiger partial charge < -0.3 is 0 Å². The Morgan fingerprint density at radius 1 is 0.280 bits per heavy atom. The molecule has 0 aromatic heterocycles. The number of rotatable bonds is 6. The van der Waals surface area contributed by atoms with Crippen molar-refractivity contribution in [1.29, 1.82) is 0 Å². The van der Waals surface area contributed by atoms with Crippen molar-refractivity contribution in [3.63, 3.8) is 0 Å². The van der Waals surface area contributed by atoms with Crippen LogP contribution in [0.1, 0.15) is 74.7 Å². The minimum atomic E-state index is 0.970. The van der Waals surface area contributed by atoms with Crippen molar-refractivity contribution in [2.45, 2.75) is 74.7 Å². The molecule has 4 fully saturated rings. The third-order valence-electron chi connectivity index (χ3n) is 11.1. The monoisotopic (exact) mass is 344 g/mol. The van der Waals surface area contributed by atoms with Gasteiger partial charge in [0.05, 0.1) is 0 Å². The van der Waals surface area contributed by atoms with Gasteiger partial charge in [0.15, 0.2) is 0 Å². The van der Waals surface area contributed by atoms with Gasteiger partial charge in [0, 0.05) is 0 Å². The van der Waals surface area contributed by atoms with Gasteiger partial charge in [0.1, 0.15) is 0 Å². The maximum atomic E-state index is 2.59. The highest BCUT2D eigenvalue weighted by atomic mass is 14.6. The zero-order chi connectivity index (χ0) is 18.2. The zero-order valence-electron chi connectivity index (χ0n) is 18.2. The molecule has 0 saturated heterocycles. The Morgan fingerprint density at radius 2 is 0.520 bits per heavy atom. The molecule has 0 nitrogen and oxygen atoms in total. The van der Waals surface area contributed by atoms with Crippen LogP contribution in [-0.4, -0.2) is 0 Å². The molecule has 0 heterocycles. The fourth-order valence-electron chi connectivity index (χ4n) is 7.88. The molecule has 4 aliphatic carbocycles. The van der Waals surface area contributed by atoms with Crippen LogP contribution in [0, 0.1) is 82.9 Å². The second kappa shape index (κ2) is 6.27. The molecule has 10 atom stereocenters. The number of hydrogen-bond donors (Lipinski definition) is 0. The summed E-state index contributed by atoms with van der Waals surface area (Å²) >= 11 is 0. The van der Waals surface area contributed by atoms with E-state index < -0.39 is 0 Å². The maximum absolute atomic E-state index is 2.59.